The highest BCUT2D eigenvalue weighted by Crippen LogP contribution is 2.34. The van der Waals surface area contributed by atoms with Crippen LogP contribution in [-0.4, -0.2) is 10.4 Å². The van der Waals surface area contributed by atoms with Crippen molar-refractivity contribution in [2.75, 3.05) is 5.32 Å². The van der Waals surface area contributed by atoms with Crippen molar-refractivity contribution in [3.8, 4) is 22.3 Å². The van der Waals surface area contributed by atoms with Gasteiger partial charge in [0.05, 0.1) is 16.9 Å². The molecule has 0 atom stereocenters. The zero-order valence-corrected chi connectivity index (χ0v) is 32.3. The van der Waals surface area contributed by atoms with Crippen molar-refractivity contribution in [2.24, 2.45) is 4.99 Å². The summed E-state index contributed by atoms with van der Waals surface area (Å²) in [6.45, 7) is 15.0. The lowest BCUT2D eigenvalue weighted by atomic mass is 10.0. The van der Waals surface area contributed by atoms with Crippen molar-refractivity contribution in [1.29, 1.82) is 0 Å². The molecule has 0 unspecified atom stereocenters. The van der Waals surface area contributed by atoms with E-state index in [0.29, 0.717) is 0 Å². The Labute approximate surface area is 322 Å². The number of rotatable bonds is 13. The van der Waals surface area contributed by atoms with E-state index in [1.165, 1.54) is 22.3 Å². The summed E-state index contributed by atoms with van der Waals surface area (Å²) in [5, 5.41) is 4.90. The molecule has 0 spiro atoms. The van der Waals surface area contributed by atoms with Crippen molar-refractivity contribution in [3.05, 3.63) is 186 Å². The number of aliphatic imine (C=N–C) groups is 1. The van der Waals surface area contributed by atoms with E-state index in [9.17, 15) is 0 Å². The summed E-state index contributed by atoms with van der Waals surface area (Å²) >= 11 is 0. The smallest absolute Gasteiger partial charge is 0.114 e. The summed E-state index contributed by atoms with van der Waals surface area (Å²) in [5.74, 6) is 1.01. The van der Waals surface area contributed by atoms with Crippen LogP contribution in [0.2, 0.25) is 0 Å². The number of benzene rings is 5. The van der Waals surface area contributed by atoms with Crippen LogP contribution in [0.3, 0.4) is 0 Å². The summed E-state index contributed by atoms with van der Waals surface area (Å²) in [4.78, 5) is 5.50. The quantitative estimate of drug-likeness (QED) is 0.0723. The fraction of sp³-hybridized carbons (Fsp3) is 0.157. The van der Waals surface area contributed by atoms with Gasteiger partial charge in [-0.05, 0) is 103 Å². The third-order valence-corrected chi connectivity index (χ3v) is 9.66. The van der Waals surface area contributed by atoms with E-state index in [2.05, 4.69) is 209 Å². The second-order valence-corrected chi connectivity index (χ2v) is 13.4. The van der Waals surface area contributed by atoms with Gasteiger partial charge in [0.15, 0.2) is 0 Å². The maximum absolute atomic E-state index is 5.50. The lowest BCUT2D eigenvalue weighted by molar-refractivity contribution is 0.947. The fourth-order valence-corrected chi connectivity index (χ4v) is 6.99. The summed E-state index contributed by atoms with van der Waals surface area (Å²) in [6, 6.07) is 45.2. The molecule has 3 heteroatoms. The minimum Gasteiger partial charge on any atom is -0.355 e. The number of aromatic nitrogens is 1. The minimum absolute atomic E-state index is 0.816. The molecule has 3 nitrogen and oxygen atoms in total. The Balaban J connectivity index is 1.47. The van der Waals surface area contributed by atoms with Gasteiger partial charge in [-0.3, -0.25) is 4.57 Å². The van der Waals surface area contributed by atoms with E-state index in [4.69, 9.17) is 4.99 Å². The lowest BCUT2D eigenvalue weighted by Gasteiger charge is -2.16. The first-order valence-electron chi connectivity index (χ1n) is 19.1. The van der Waals surface area contributed by atoms with Crippen LogP contribution in [-0.2, 0) is 0 Å². The van der Waals surface area contributed by atoms with Gasteiger partial charge in [0.25, 0.3) is 0 Å². The molecule has 0 saturated carbocycles. The Kier molecular flexibility index (Phi) is 12.5. The Bertz CT molecular complexity index is 2360. The van der Waals surface area contributed by atoms with Crippen LogP contribution < -0.4 is 5.32 Å². The number of fused-ring (bicyclic) bond motifs is 1. The molecule has 0 saturated heterocycles. The summed E-state index contributed by atoms with van der Waals surface area (Å²) in [6.07, 6.45) is 15.4. The fourth-order valence-electron chi connectivity index (χ4n) is 6.99. The number of nitrogens with zero attached hydrogens (tertiary/aromatic N) is 2. The third-order valence-electron chi connectivity index (χ3n) is 9.66. The zero-order chi connectivity index (χ0) is 37.9. The van der Waals surface area contributed by atoms with Gasteiger partial charge in [-0.1, -0.05) is 154 Å². The SMILES string of the molecule is C=Cc1c(/C=C\C)n(C(CCC)=N/C(=C\CC)c2ccc(-c3ccccc3)cc2)c2cc(/C(C)=C(/C=C\C)Nc3cccc(-c4ccccc4)c3)ccc12. The molecule has 1 heterocycles. The molecule has 0 bridgehead atoms. The molecule has 0 amide bonds. The first-order valence-corrected chi connectivity index (χ1v) is 19.1. The van der Waals surface area contributed by atoms with Crippen molar-refractivity contribution in [1.82, 2.24) is 4.57 Å². The molecule has 0 aliphatic heterocycles. The monoisotopic (exact) mass is 705 g/mol. The lowest BCUT2D eigenvalue weighted by Crippen LogP contribution is -2.14. The number of hydrogen-bond acceptors (Lipinski definition) is 2. The molecule has 0 fully saturated rings. The van der Waals surface area contributed by atoms with E-state index in [-0.39, 0.29) is 0 Å². The molecule has 0 aliphatic rings. The molecule has 54 heavy (non-hydrogen) atoms. The normalized spacial score (nSPS) is 12.8. The third kappa shape index (κ3) is 8.37. The molecular weight excluding hydrogens is 655 g/mol. The highest BCUT2D eigenvalue weighted by molar-refractivity contribution is 6.05. The van der Waals surface area contributed by atoms with Gasteiger partial charge < -0.3 is 5.32 Å². The first-order chi connectivity index (χ1) is 26.5. The predicted octanol–water partition coefficient (Wildman–Crippen LogP) is 14.6. The number of anilines is 1. The minimum atomic E-state index is 0.816. The van der Waals surface area contributed by atoms with Crippen molar-refractivity contribution in [2.45, 2.75) is 53.9 Å². The van der Waals surface area contributed by atoms with E-state index in [1.54, 1.807) is 0 Å². The van der Waals surface area contributed by atoms with Crippen LogP contribution in [0, 0.1) is 0 Å². The van der Waals surface area contributed by atoms with E-state index in [0.717, 1.165) is 81.0 Å². The average Bonchev–Trinajstić information content (AvgIpc) is 3.53. The Hall–Kier alpha value is -6.19. The van der Waals surface area contributed by atoms with Crippen LogP contribution in [0.15, 0.2) is 169 Å². The van der Waals surface area contributed by atoms with Gasteiger partial charge in [0.2, 0.25) is 0 Å². The number of hydrogen-bond donors (Lipinski definition) is 1. The second kappa shape index (κ2) is 18.0. The second-order valence-electron chi connectivity index (χ2n) is 13.4. The Morgan fingerprint density at radius 2 is 1.37 bits per heavy atom. The standard InChI is InChI=1S/C51H51N3/c1-7-19-47(52-44-28-18-27-43(35-44)39-25-16-13-17-26-39)37(6)42-33-34-46-45(11-5)49(21-9-3)54(50(46)36-42)51(22-10-4)53-48(20-8-2)41-31-29-40(30-32-41)38-23-14-12-15-24-38/h7,9,11-21,23-36,52H,5,8,10,22H2,1-4,6H3/b19-7-,21-9-,47-37-,48-20-,53-51?. The summed E-state index contributed by atoms with van der Waals surface area (Å²) in [7, 11) is 0. The highest BCUT2D eigenvalue weighted by atomic mass is 15.1. The van der Waals surface area contributed by atoms with Gasteiger partial charge in [-0.15, -0.1) is 0 Å². The maximum Gasteiger partial charge on any atom is 0.114 e. The van der Waals surface area contributed by atoms with Gasteiger partial charge in [0.1, 0.15) is 5.84 Å². The van der Waals surface area contributed by atoms with E-state index >= 15 is 0 Å². The number of allylic oxidation sites excluding steroid dienone is 5. The largest absolute Gasteiger partial charge is 0.355 e. The molecule has 1 N–H and O–H groups in total. The molecule has 1 aromatic heterocycles. The van der Waals surface area contributed by atoms with E-state index < -0.39 is 0 Å². The van der Waals surface area contributed by atoms with Crippen LogP contribution >= 0.6 is 0 Å². The van der Waals surface area contributed by atoms with Gasteiger partial charge in [-0.25, -0.2) is 4.99 Å². The molecular formula is C51H51N3. The Morgan fingerprint density at radius 3 is 2.00 bits per heavy atom. The van der Waals surface area contributed by atoms with Crippen LogP contribution in [0.4, 0.5) is 5.69 Å². The molecule has 5 aromatic carbocycles. The van der Waals surface area contributed by atoms with Gasteiger partial charge in [0, 0.05) is 28.8 Å². The molecule has 6 rings (SSSR count). The molecule has 0 radical (unpaired) electrons. The van der Waals surface area contributed by atoms with Crippen LogP contribution in [0.1, 0.15) is 76.3 Å². The number of nitrogens with one attached hydrogen (secondary N) is 1. The molecule has 0 aliphatic carbocycles. The predicted molar refractivity (Wildman–Crippen MR) is 238 cm³/mol. The van der Waals surface area contributed by atoms with Gasteiger partial charge >= 0.3 is 0 Å². The Morgan fingerprint density at radius 1 is 0.722 bits per heavy atom. The summed E-state index contributed by atoms with van der Waals surface area (Å²) in [5.41, 5.74) is 14.6. The maximum atomic E-state index is 5.50. The van der Waals surface area contributed by atoms with Crippen molar-refractivity contribution >= 4 is 45.8 Å². The average molecular weight is 706 g/mol. The van der Waals surface area contributed by atoms with Crippen LogP contribution in [0.25, 0.3) is 56.6 Å². The van der Waals surface area contributed by atoms with E-state index in [1.807, 2.05) is 6.08 Å². The molecule has 270 valence electrons. The summed E-state index contributed by atoms with van der Waals surface area (Å²) < 4.78 is 2.36. The van der Waals surface area contributed by atoms with Crippen LogP contribution in [0.5, 0.6) is 0 Å². The van der Waals surface area contributed by atoms with Crippen molar-refractivity contribution in [3.63, 3.8) is 0 Å². The van der Waals surface area contributed by atoms with Crippen molar-refractivity contribution < 1.29 is 0 Å². The van der Waals surface area contributed by atoms with Gasteiger partial charge in [-0.2, -0.15) is 0 Å². The topological polar surface area (TPSA) is 29.3 Å². The first kappa shape index (κ1) is 37.6. The highest BCUT2D eigenvalue weighted by Gasteiger charge is 2.19. The molecule has 6 aromatic rings. The zero-order valence-electron chi connectivity index (χ0n) is 32.3.